The highest BCUT2D eigenvalue weighted by molar-refractivity contribution is 5.50. The molecule has 1 aliphatic rings. The number of aliphatic hydroxyl groups is 1. The van der Waals surface area contributed by atoms with Gasteiger partial charge in [0.05, 0.1) is 27.9 Å². The molecule has 0 saturated carbocycles. The number of hydrogen-bond donors (Lipinski definition) is 1. The van der Waals surface area contributed by atoms with E-state index in [2.05, 4.69) is 9.80 Å². The topological polar surface area (TPSA) is 67.5 Å². The maximum absolute atomic E-state index is 9.57. The maximum Gasteiger partial charge on any atom is 0.164 e. The van der Waals surface area contributed by atoms with E-state index < -0.39 is 0 Å². The van der Waals surface area contributed by atoms with E-state index >= 15 is 0 Å². The second-order valence-corrected chi connectivity index (χ2v) is 7.40. The third-order valence-electron chi connectivity index (χ3n) is 5.49. The normalized spacial score (nSPS) is 18.0. The van der Waals surface area contributed by atoms with E-state index in [0.717, 1.165) is 62.0 Å². The van der Waals surface area contributed by atoms with Gasteiger partial charge in [0.15, 0.2) is 11.5 Å². The Balaban J connectivity index is 1.71. The summed E-state index contributed by atoms with van der Waals surface area (Å²) in [5.74, 6) is 4.04. The molecule has 1 unspecified atom stereocenters. The smallest absolute Gasteiger partial charge is 0.164 e. The fourth-order valence-corrected chi connectivity index (χ4v) is 3.96. The van der Waals surface area contributed by atoms with Crippen LogP contribution >= 0.6 is 0 Å². The second kappa shape index (κ2) is 10.0. The molecule has 0 spiro atoms. The van der Waals surface area contributed by atoms with E-state index in [9.17, 15) is 5.11 Å². The summed E-state index contributed by atoms with van der Waals surface area (Å²) < 4.78 is 22.2. The summed E-state index contributed by atoms with van der Waals surface area (Å²) in [6, 6.07) is 8.15. The monoisotopic (exact) mass is 404 g/mol. The van der Waals surface area contributed by atoms with Crippen LogP contribution in [0.5, 0.6) is 17.2 Å². The molecule has 1 aliphatic heterocycles. The molecule has 0 amide bonds. The van der Waals surface area contributed by atoms with Crippen molar-refractivity contribution in [2.24, 2.45) is 0 Å². The SMILES string of the molecule is COc1cc(OC)c(OC)cc1CN1CCN(Cc2ccc(C)o2)C(CCO)C1. The number of methoxy groups -OCH3 is 3. The van der Waals surface area contributed by atoms with E-state index in [1.165, 1.54) is 0 Å². The van der Waals surface area contributed by atoms with E-state index in [4.69, 9.17) is 18.6 Å². The molecule has 160 valence electrons. The fraction of sp³-hybridized carbons (Fsp3) is 0.545. The zero-order chi connectivity index (χ0) is 20.8. The Hall–Kier alpha value is -2.22. The lowest BCUT2D eigenvalue weighted by atomic mass is 10.1. The van der Waals surface area contributed by atoms with Crippen molar-refractivity contribution in [3.05, 3.63) is 41.3 Å². The Morgan fingerprint density at radius 3 is 2.34 bits per heavy atom. The van der Waals surface area contributed by atoms with Crippen molar-refractivity contribution in [1.82, 2.24) is 9.80 Å². The number of furan rings is 1. The van der Waals surface area contributed by atoms with Gasteiger partial charge in [-0.25, -0.2) is 0 Å². The molecule has 2 aromatic rings. The molecular formula is C22H32N2O5. The Morgan fingerprint density at radius 2 is 1.72 bits per heavy atom. The first-order valence-corrected chi connectivity index (χ1v) is 9.99. The van der Waals surface area contributed by atoms with Crippen molar-refractivity contribution in [3.63, 3.8) is 0 Å². The first kappa shape index (κ1) is 21.5. The van der Waals surface area contributed by atoms with Gasteiger partial charge in [0.2, 0.25) is 0 Å². The van der Waals surface area contributed by atoms with Crippen LogP contribution in [0.25, 0.3) is 0 Å². The average Bonchev–Trinajstić information content (AvgIpc) is 3.14. The molecule has 1 aromatic carbocycles. The van der Waals surface area contributed by atoms with E-state index in [1.54, 1.807) is 21.3 Å². The lowest BCUT2D eigenvalue weighted by molar-refractivity contribution is 0.0450. The van der Waals surface area contributed by atoms with E-state index in [0.29, 0.717) is 11.5 Å². The van der Waals surface area contributed by atoms with Crippen molar-refractivity contribution in [3.8, 4) is 17.2 Å². The highest BCUT2D eigenvalue weighted by Crippen LogP contribution is 2.35. The van der Waals surface area contributed by atoms with Crippen LogP contribution in [0.3, 0.4) is 0 Å². The molecule has 1 aromatic heterocycles. The molecule has 0 radical (unpaired) electrons. The van der Waals surface area contributed by atoms with E-state index in [-0.39, 0.29) is 12.6 Å². The molecule has 0 bridgehead atoms. The molecule has 1 fully saturated rings. The van der Waals surface area contributed by atoms with Gasteiger partial charge in [0.1, 0.15) is 17.3 Å². The fourth-order valence-electron chi connectivity index (χ4n) is 3.96. The number of hydrogen-bond acceptors (Lipinski definition) is 7. The average molecular weight is 405 g/mol. The number of aryl methyl sites for hydroxylation is 1. The van der Waals surface area contributed by atoms with Crippen molar-refractivity contribution < 1.29 is 23.7 Å². The van der Waals surface area contributed by atoms with Gasteiger partial charge < -0.3 is 23.7 Å². The van der Waals surface area contributed by atoms with Gasteiger partial charge in [0.25, 0.3) is 0 Å². The maximum atomic E-state index is 9.57. The van der Waals surface area contributed by atoms with Gasteiger partial charge in [0, 0.05) is 50.5 Å². The minimum Gasteiger partial charge on any atom is -0.496 e. The van der Waals surface area contributed by atoms with Crippen LogP contribution in [0, 0.1) is 6.92 Å². The lowest BCUT2D eigenvalue weighted by Crippen LogP contribution is -2.52. The zero-order valence-electron chi connectivity index (χ0n) is 17.8. The zero-order valence-corrected chi connectivity index (χ0v) is 17.8. The molecular weight excluding hydrogens is 372 g/mol. The summed E-state index contributed by atoms with van der Waals surface area (Å²) in [4.78, 5) is 4.80. The van der Waals surface area contributed by atoms with Crippen LogP contribution in [-0.2, 0) is 13.1 Å². The Bertz CT molecular complexity index is 792. The van der Waals surface area contributed by atoms with Crippen LogP contribution < -0.4 is 14.2 Å². The molecule has 1 atom stereocenters. The predicted molar refractivity (Wildman–Crippen MR) is 111 cm³/mol. The van der Waals surface area contributed by atoms with E-state index in [1.807, 2.05) is 31.2 Å². The number of nitrogens with zero attached hydrogens (tertiary/aromatic N) is 2. The molecule has 29 heavy (non-hydrogen) atoms. The van der Waals surface area contributed by atoms with Gasteiger partial charge >= 0.3 is 0 Å². The molecule has 1 saturated heterocycles. The number of benzene rings is 1. The summed E-state index contributed by atoms with van der Waals surface area (Å²) in [6.07, 6.45) is 0.735. The summed E-state index contributed by atoms with van der Waals surface area (Å²) >= 11 is 0. The number of aliphatic hydroxyl groups excluding tert-OH is 1. The Kier molecular flexibility index (Phi) is 7.41. The molecule has 7 nitrogen and oxygen atoms in total. The Labute approximate surface area is 172 Å². The minimum absolute atomic E-state index is 0.172. The van der Waals surface area contributed by atoms with Gasteiger partial charge in [-0.05, 0) is 31.5 Å². The molecule has 3 rings (SSSR count). The van der Waals surface area contributed by atoms with Crippen molar-refractivity contribution in [2.45, 2.75) is 32.5 Å². The first-order valence-electron chi connectivity index (χ1n) is 9.99. The summed E-state index contributed by atoms with van der Waals surface area (Å²) in [5.41, 5.74) is 1.06. The van der Waals surface area contributed by atoms with Crippen LogP contribution in [0.2, 0.25) is 0 Å². The second-order valence-electron chi connectivity index (χ2n) is 7.40. The van der Waals surface area contributed by atoms with Gasteiger partial charge in [-0.1, -0.05) is 0 Å². The standard InChI is InChI=1S/C22H32N2O5/c1-16-5-6-19(29-16)15-24-9-8-23(14-18(24)7-10-25)13-17-11-21(27-3)22(28-4)12-20(17)26-2/h5-6,11-12,18,25H,7-10,13-15H2,1-4H3. The van der Waals surface area contributed by atoms with Gasteiger partial charge in [-0.15, -0.1) is 0 Å². The molecule has 7 heteroatoms. The van der Waals surface area contributed by atoms with Crippen LogP contribution in [0.1, 0.15) is 23.5 Å². The number of ether oxygens (including phenoxy) is 3. The molecule has 0 aliphatic carbocycles. The Morgan fingerprint density at radius 1 is 1.00 bits per heavy atom. The first-order chi connectivity index (χ1) is 14.1. The van der Waals surface area contributed by atoms with Crippen LogP contribution in [-0.4, -0.2) is 68.5 Å². The third kappa shape index (κ3) is 5.23. The van der Waals surface area contributed by atoms with Gasteiger partial charge in [-0.3, -0.25) is 9.80 Å². The van der Waals surface area contributed by atoms with Crippen LogP contribution in [0.15, 0.2) is 28.7 Å². The van der Waals surface area contributed by atoms with Crippen LogP contribution in [0.4, 0.5) is 0 Å². The lowest BCUT2D eigenvalue weighted by Gasteiger charge is -2.41. The number of piperazine rings is 1. The predicted octanol–water partition coefficient (Wildman–Crippen LogP) is 2.68. The molecule has 1 N–H and O–H groups in total. The highest BCUT2D eigenvalue weighted by atomic mass is 16.5. The summed E-state index contributed by atoms with van der Waals surface area (Å²) in [5, 5.41) is 9.57. The molecule has 2 heterocycles. The van der Waals surface area contributed by atoms with Crippen molar-refractivity contribution >= 4 is 0 Å². The highest BCUT2D eigenvalue weighted by Gasteiger charge is 2.28. The van der Waals surface area contributed by atoms with Crippen molar-refractivity contribution in [1.29, 1.82) is 0 Å². The summed E-state index contributed by atoms with van der Waals surface area (Å²) in [7, 11) is 4.93. The minimum atomic E-state index is 0.172. The quantitative estimate of drug-likeness (QED) is 0.689. The largest absolute Gasteiger partial charge is 0.496 e. The summed E-state index contributed by atoms with van der Waals surface area (Å²) in [6.45, 7) is 6.37. The van der Waals surface area contributed by atoms with Crippen molar-refractivity contribution in [2.75, 3.05) is 47.6 Å². The number of rotatable bonds is 9. The van der Waals surface area contributed by atoms with Gasteiger partial charge in [-0.2, -0.15) is 0 Å². The third-order valence-corrected chi connectivity index (χ3v) is 5.49.